The monoisotopic (exact) mass is 465 g/mol. The molecule has 2 aromatic rings. The lowest BCUT2D eigenvalue weighted by Crippen LogP contribution is -2.42. The molecule has 4 nitrogen and oxygen atoms in total. The summed E-state index contributed by atoms with van der Waals surface area (Å²) in [7, 11) is 0. The third kappa shape index (κ3) is 3.30. The van der Waals surface area contributed by atoms with E-state index in [2.05, 4.69) is 31.9 Å². The maximum atomic E-state index is 12.9. The van der Waals surface area contributed by atoms with Crippen molar-refractivity contribution in [1.29, 1.82) is 0 Å². The first-order chi connectivity index (χ1) is 11.9. The van der Waals surface area contributed by atoms with Crippen molar-refractivity contribution in [3.8, 4) is 0 Å². The molecular weight excluding hydrogens is 450 g/mol. The van der Waals surface area contributed by atoms with E-state index >= 15 is 0 Å². The van der Waals surface area contributed by atoms with Crippen molar-refractivity contribution in [2.24, 2.45) is 0 Å². The van der Waals surface area contributed by atoms with Gasteiger partial charge in [-0.15, -0.1) is 0 Å². The fourth-order valence-corrected chi connectivity index (χ4v) is 3.90. The van der Waals surface area contributed by atoms with E-state index in [0.717, 1.165) is 15.4 Å². The van der Waals surface area contributed by atoms with E-state index in [9.17, 15) is 14.7 Å². The average Bonchev–Trinajstić information content (AvgIpc) is 2.77. The van der Waals surface area contributed by atoms with Crippen LogP contribution in [0.1, 0.15) is 35.7 Å². The fourth-order valence-electron chi connectivity index (χ4n) is 3.14. The summed E-state index contributed by atoms with van der Waals surface area (Å²) in [5.41, 5.74) is -0.238. The van der Waals surface area contributed by atoms with Gasteiger partial charge >= 0.3 is 0 Å². The zero-order chi connectivity index (χ0) is 18.2. The van der Waals surface area contributed by atoms with Crippen molar-refractivity contribution in [3.05, 3.63) is 62.5 Å². The van der Waals surface area contributed by atoms with Gasteiger partial charge in [-0.25, -0.2) is 0 Å². The molecule has 0 saturated carbocycles. The minimum Gasteiger partial charge on any atom is -0.375 e. The molecule has 1 atom stereocenters. The lowest BCUT2D eigenvalue weighted by molar-refractivity contribution is -0.135. The third-order valence-electron chi connectivity index (χ3n) is 4.30. The number of fused-ring (bicyclic) bond motifs is 1. The number of anilines is 1. The molecule has 130 valence electrons. The highest BCUT2D eigenvalue weighted by molar-refractivity contribution is 9.10. The topological polar surface area (TPSA) is 57.6 Å². The summed E-state index contributed by atoms with van der Waals surface area (Å²) in [4.78, 5) is 27.2. The van der Waals surface area contributed by atoms with Crippen molar-refractivity contribution in [1.82, 2.24) is 0 Å². The SMILES string of the molecule is CCCN1C(=O)[C@@](O)(CC(=O)c2cccc(Br)c2)c2cc(Br)ccc21. The Hall–Kier alpha value is -1.50. The Morgan fingerprint density at radius 3 is 2.56 bits per heavy atom. The second-order valence-electron chi connectivity index (χ2n) is 6.09. The van der Waals surface area contributed by atoms with Crippen LogP contribution in [0.2, 0.25) is 0 Å². The summed E-state index contributed by atoms with van der Waals surface area (Å²) in [5.74, 6) is -0.716. The quantitative estimate of drug-likeness (QED) is 0.663. The highest BCUT2D eigenvalue weighted by Crippen LogP contribution is 2.44. The number of hydrogen-bond acceptors (Lipinski definition) is 3. The van der Waals surface area contributed by atoms with Gasteiger partial charge in [-0.05, 0) is 36.8 Å². The van der Waals surface area contributed by atoms with Crippen LogP contribution < -0.4 is 4.90 Å². The Morgan fingerprint density at radius 2 is 1.88 bits per heavy atom. The van der Waals surface area contributed by atoms with Crippen molar-refractivity contribution >= 4 is 49.2 Å². The largest absolute Gasteiger partial charge is 0.375 e. The van der Waals surface area contributed by atoms with E-state index in [-0.39, 0.29) is 12.2 Å². The molecule has 1 N–H and O–H groups in total. The van der Waals surface area contributed by atoms with Crippen molar-refractivity contribution in [2.45, 2.75) is 25.4 Å². The predicted molar refractivity (Wildman–Crippen MR) is 104 cm³/mol. The second kappa shape index (κ2) is 7.02. The third-order valence-corrected chi connectivity index (χ3v) is 5.29. The first kappa shape index (κ1) is 18.3. The zero-order valence-corrected chi connectivity index (χ0v) is 16.8. The van der Waals surface area contributed by atoms with Crippen LogP contribution in [0.25, 0.3) is 0 Å². The molecule has 3 rings (SSSR count). The fraction of sp³-hybridized carbons (Fsp3) is 0.263. The van der Waals surface area contributed by atoms with E-state index in [0.29, 0.717) is 23.4 Å². The molecule has 1 aliphatic rings. The molecule has 0 saturated heterocycles. The van der Waals surface area contributed by atoms with Gasteiger partial charge in [-0.1, -0.05) is 50.9 Å². The Balaban J connectivity index is 2.01. The summed E-state index contributed by atoms with van der Waals surface area (Å²) >= 11 is 6.72. The molecule has 0 radical (unpaired) electrons. The molecule has 1 heterocycles. The van der Waals surface area contributed by atoms with Crippen LogP contribution in [0, 0.1) is 0 Å². The normalized spacial score (nSPS) is 19.2. The van der Waals surface area contributed by atoms with E-state index in [4.69, 9.17) is 0 Å². The summed E-state index contributed by atoms with van der Waals surface area (Å²) in [6.45, 7) is 2.47. The standard InChI is InChI=1S/C19H17Br2NO3/c1-2-8-22-16-7-6-14(21)10-15(16)19(25,18(22)24)11-17(23)12-4-3-5-13(20)9-12/h3-7,9-10,25H,2,8,11H2,1H3/t19-/m1/s1. The molecule has 0 unspecified atom stereocenters. The molecule has 2 aromatic carbocycles. The highest BCUT2D eigenvalue weighted by atomic mass is 79.9. The van der Waals surface area contributed by atoms with Gasteiger partial charge in [0.2, 0.25) is 0 Å². The Morgan fingerprint density at radius 1 is 1.16 bits per heavy atom. The molecule has 25 heavy (non-hydrogen) atoms. The van der Waals surface area contributed by atoms with Gasteiger partial charge in [0.1, 0.15) is 0 Å². The maximum absolute atomic E-state index is 12.9. The molecule has 6 heteroatoms. The molecule has 0 bridgehead atoms. The van der Waals surface area contributed by atoms with Crippen LogP contribution in [0.15, 0.2) is 51.4 Å². The molecule has 0 fully saturated rings. The molecule has 1 aliphatic heterocycles. The lowest BCUT2D eigenvalue weighted by Gasteiger charge is -2.22. The number of nitrogens with zero attached hydrogens (tertiary/aromatic N) is 1. The molecule has 0 aromatic heterocycles. The molecule has 1 amide bonds. The average molecular weight is 467 g/mol. The Bertz CT molecular complexity index is 852. The Kier molecular flexibility index (Phi) is 5.14. The van der Waals surface area contributed by atoms with Gasteiger partial charge in [0.25, 0.3) is 5.91 Å². The summed E-state index contributed by atoms with van der Waals surface area (Å²) in [5, 5.41) is 11.2. The van der Waals surface area contributed by atoms with Crippen LogP contribution in [0.5, 0.6) is 0 Å². The van der Waals surface area contributed by atoms with Crippen LogP contribution in [-0.2, 0) is 10.4 Å². The summed E-state index contributed by atoms with van der Waals surface area (Å²) in [6, 6.07) is 12.3. The number of carbonyl (C=O) groups excluding carboxylic acids is 2. The number of benzene rings is 2. The zero-order valence-electron chi connectivity index (χ0n) is 13.6. The first-order valence-electron chi connectivity index (χ1n) is 8.00. The van der Waals surface area contributed by atoms with Crippen molar-refractivity contribution < 1.29 is 14.7 Å². The molecule has 0 aliphatic carbocycles. The number of carbonyl (C=O) groups is 2. The van der Waals surface area contributed by atoms with Crippen molar-refractivity contribution in [2.75, 3.05) is 11.4 Å². The smallest absolute Gasteiger partial charge is 0.264 e. The van der Waals surface area contributed by atoms with Gasteiger partial charge in [-0.3, -0.25) is 9.59 Å². The van der Waals surface area contributed by atoms with Crippen LogP contribution in [0.4, 0.5) is 5.69 Å². The van der Waals surface area contributed by atoms with Gasteiger partial charge in [0.15, 0.2) is 11.4 Å². The minimum atomic E-state index is -1.84. The van der Waals surface area contributed by atoms with E-state index < -0.39 is 11.5 Å². The van der Waals surface area contributed by atoms with Gasteiger partial charge in [0.05, 0.1) is 12.1 Å². The highest BCUT2D eigenvalue weighted by Gasteiger charge is 2.50. The number of halogens is 2. The van der Waals surface area contributed by atoms with E-state index in [1.807, 2.05) is 19.1 Å². The predicted octanol–water partition coefficient (Wildman–Crippen LogP) is 4.43. The van der Waals surface area contributed by atoms with E-state index in [1.165, 1.54) is 0 Å². The second-order valence-corrected chi connectivity index (χ2v) is 7.92. The van der Waals surface area contributed by atoms with Crippen molar-refractivity contribution in [3.63, 3.8) is 0 Å². The van der Waals surface area contributed by atoms with Crippen LogP contribution in [-0.4, -0.2) is 23.3 Å². The van der Waals surface area contributed by atoms with Gasteiger partial charge in [0, 0.05) is 26.6 Å². The molecule has 0 spiro atoms. The summed E-state index contributed by atoms with van der Waals surface area (Å²) < 4.78 is 1.53. The minimum absolute atomic E-state index is 0.276. The number of aliphatic hydroxyl groups is 1. The number of rotatable bonds is 5. The van der Waals surface area contributed by atoms with Crippen LogP contribution >= 0.6 is 31.9 Å². The lowest BCUT2D eigenvalue weighted by atomic mass is 9.88. The van der Waals surface area contributed by atoms with Gasteiger partial charge in [-0.2, -0.15) is 0 Å². The van der Waals surface area contributed by atoms with Crippen LogP contribution in [0.3, 0.4) is 0 Å². The first-order valence-corrected chi connectivity index (χ1v) is 9.58. The summed E-state index contributed by atoms with van der Waals surface area (Å²) in [6.07, 6.45) is 0.475. The van der Waals surface area contributed by atoms with E-state index in [1.54, 1.807) is 35.2 Å². The van der Waals surface area contributed by atoms with Gasteiger partial charge < -0.3 is 10.0 Å². The number of ketones is 1. The number of hydrogen-bond donors (Lipinski definition) is 1. The maximum Gasteiger partial charge on any atom is 0.264 e. The molecular formula is C19H17Br2NO3. The Labute approximate surface area is 163 Å². The number of Topliss-reactive ketones (excluding diaryl/α,β-unsaturated/α-hetero) is 1. The number of amides is 1.